The summed E-state index contributed by atoms with van der Waals surface area (Å²) in [5, 5.41) is 9.73. The lowest BCUT2D eigenvalue weighted by Crippen LogP contribution is -2.58. The molecule has 0 spiro atoms. The minimum atomic E-state index is -0.536. The van der Waals surface area contributed by atoms with Crippen molar-refractivity contribution in [2.24, 2.45) is 5.92 Å². The van der Waals surface area contributed by atoms with Crippen molar-refractivity contribution in [1.82, 2.24) is 14.8 Å². The number of hydrogen-bond acceptors (Lipinski definition) is 4. The first-order chi connectivity index (χ1) is 9.91. The zero-order chi connectivity index (χ0) is 15.6. The van der Waals surface area contributed by atoms with Crippen molar-refractivity contribution in [3.63, 3.8) is 0 Å². The van der Waals surface area contributed by atoms with Crippen LogP contribution in [0.5, 0.6) is 5.75 Å². The van der Waals surface area contributed by atoms with Gasteiger partial charge < -0.3 is 14.9 Å². The molecule has 1 atom stereocenters. The molecule has 2 rings (SSSR count). The zero-order valence-electron chi connectivity index (χ0n) is 12.6. The topological polar surface area (TPSA) is 73.7 Å². The van der Waals surface area contributed by atoms with Gasteiger partial charge in [-0.25, -0.2) is 4.98 Å². The lowest BCUT2D eigenvalue weighted by Gasteiger charge is -2.39. The van der Waals surface area contributed by atoms with E-state index in [2.05, 4.69) is 18.8 Å². The van der Waals surface area contributed by atoms with Crippen LogP contribution >= 0.6 is 0 Å². The van der Waals surface area contributed by atoms with Gasteiger partial charge in [-0.3, -0.25) is 9.59 Å². The van der Waals surface area contributed by atoms with Crippen molar-refractivity contribution in [2.75, 3.05) is 19.6 Å². The van der Waals surface area contributed by atoms with Gasteiger partial charge in [0.05, 0.1) is 0 Å². The summed E-state index contributed by atoms with van der Waals surface area (Å²) in [5.41, 5.74) is -0.00513. The maximum absolute atomic E-state index is 12.4. The van der Waals surface area contributed by atoms with E-state index >= 15 is 0 Å². The first kappa shape index (κ1) is 15.3. The molecular formula is C15H21N3O3. The summed E-state index contributed by atoms with van der Waals surface area (Å²) in [7, 11) is 0. The van der Waals surface area contributed by atoms with Crippen molar-refractivity contribution in [3.05, 3.63) is 24.0 Å². The van der Waals surface area contributed by atoms with Crippen molar-refractivity contribution in [1.29, 1.82) is 0 Å². The molecule has 0 bridgehead atoms. The van der Waals surface area contributed by atoms with Crippen LogP contribution in [0.1, 0.15) is 31.3 Å². The molecule has 1 fully saturated rings. The minimum absolute atomic E-state index is 0.00513. The molecule has 0 radical (unpaired) electrons. The molecule has 0 saturated carbocycles. The number of pyridine rings is 1. The molecule has 1 N–H and O–H groups in total. The maximum Gasteiger partial charge on any atom is 0.277 e. The van der Waals surface area contributed by atoms with Crippen LogP contribution in [0.15, 0.2) is 18.3 Å². The summed E-state index contributed by atoms with van der Waals surface area (Å²) in [6.45, 7) is 7.49. The standard InChI is InChI=1S/C15H21N3O3/c1-10(2)9-17-7-8-18(11(3)14(17)20)15(21)13-12(19)5-4-6-16-13/h4-6,10-11,19H,7-9H2,1-3H3. The Hall–Kier alpha value is -2.11. The van der Waals surface area contributed by atoms with Gasteiger partial charge in [0.2, 0.25) is 5.91 Å². The van der Waals surface area contributed by atoms with E-state index in [0.29, 0.717) is 25.6 Å². The van der Waals surface area contributed by atoms with Crippen molar-refractivity contribution < 1.29 is 14.7 Å². The molecular weight excluding hydrogens is 270 g/mol. The molecule has 2 amide bonds. The molecule has 6 heteroatoms. The van der Waals surface area contributed by atoms with Crippen LogP contribution in [-0.2, 0) is 4.79 Å². The van der Waals surface area contributed by atoms with E-state index in [-0.39, 0.29) is 17.4 Å². The van der Waals surface area contributed by atoms with E-state index in [4.69, 9.17) is 0 Å². The van der Waals surface area contributed by atoms with Crippen LogP contribution in [0.25, 0.3) is 0 Å². The molecule has 2 heterocycles. The third-order valence-corrected chi connectivity index (χ3v) is 3.58. The normalized spacial score (nSPS) is 19.2. The Balaban J connectivity index is 2.14. The molecule has 114 valence electrons. The highest BCUT2D eigenvalue weighted by atomic mass is 16.3. The van der Waals surface area contributed by atoms with E-state index in [0.717, 1.165) is 0 Å². The summed E-state index contributed by atoms with van der Waals surface area (Å²) >= 11 is 0. The lowest BCUT2D eigenvalue weighted by atomic mass is 10.1. The number of hydrogen-bond donors (Lipinski definition) is 1. The van der Waals surface area contributed by atoms with Crippen molar-refractivity contribution in [3.8, 4) is 5.75 Å². The van der Waals surface area contributed by atoms with E-state index in [9.17, 15) is 14.7 Å². The Labute approximate surface area is 124 Å². The van der Waals surface area contributed by atoms with Crippen LogP contribution in [0, 0.1) is 5.92 Å². The Bertz CT molecular complexity index is 545. The number of piperazine rings is 1. The summed E-state index contributed by atoms with van der Waals surface area (Å²) in [6, 6.07) is 2.44. The predicted molar refractivity (Wildman–Crippen MR) is 77.8 cm³/mol. The third-order valence-electron chi connectivity index (χ3n) is 3.58. The molecule has 0 aromatic carbocycles. The molecule has 1 aliphatic rings. The SMILES string of the molecule is CC(C)CN1CCN(C(=O)c2ncccc2O)C(C)C1=O. The second-order valence-electron chi connectivity index (χ2n) is 5.72. The third kappa shape index (κ3) is 3.15. The summed E-state index contributed by atoms with van der Waals surface area (Å²) in [5.74, 6) is -0.230. The molecule has 1 aromatic heterocycles. The Morgan fingerprint density at radius 3 is 2.81 bits per heavy atom. The van der Waals surface area contributed by atoms with Gasteiger partial charge >= 0.3 is 0 Å². The number of amides is 2. The maximum atomic E-state index is 12.4. The quantitative estimate of drug-likeness (QED) is 0.905. The molecule has 0 aliphatic carbocycles. The van der Waals surface area contributed by atoms with E-state index in [1.165, 1.54) is 17.2 Å². The van der Waals surface area contributed by atoms with Crippen LogP contribution in [-0.4, -0.2) is 57.4 Å². The molecule has 1 unspecified atom stereocenters. The fraction of sp³-hybridized carbons (Fsp3) is 0.533. The average molecular weight is 291 g/mol. The fourth-order valence-corrected chi connectivity index (χ4v) is 2.53. The first-order valence-electron chi connectivity index (χ1n) is 7.15. The number of aromatic nitrogens is 1. The molecule has 1 saturated heterocycles. The van der Waals surface area contributed by atoms with Gasteiger partial charge in [-0.15, -0.1) is 0 Å². The predicted octanol–water partition coefficient (Wildman–Crippen LogP) is 1.12. The number of carbonyl (C=O) groups is 2. The molecule has 6 nitrogen and oxygen atoms in total. The first-order valence-corrected chi connectivity index (χ1v) is 7.15. The number of rotatable bonds is 3. The largest absolute Gasteiger partial charge is 0.505 e. The van der Waals surface area contributed by atoms with Crippen LogP contribution in [0.2, 0.25) is 0 Å². The van der Waals surface area contributed by atoms with E-state index < -0.39 is 11.9 Å². The monoisotopic (exact) mass is 291 g/mol. The number of carbonyl (C=O) groups excluding carboxylic acids is 2. The second kappa shape index (κ2) is 6.11. The highest BCUT2D eigenvalue weighted by Gasteiger charge is 2.35. The highest BCUT2D eigenvalue weighted by molar-refractivity contribution is 5.98. The Morgan fingerprint density at radius 1 is 1.48 bits per heavy atom. The van der Waals surface area contributed by atoms with Gasteiger partial charge in [-0.1, -0.05) is 13.8 Å². The summed E-state index contributed by atoms with van der Waals surface area (Å²) in [4.78, 5) is 32.0. The van der Waals surface area contributed by atoms with Crippen LogP contribution < -0.4 is 0 Å². The fourth-order valence-electron chi connectivity index (χ4n) is 2.53. The highest BCUT2D eigenvalue weighted by Crippen LogP contribution is 2.20. The summed E-state index contributed by atoms with van der Waals surface area (Å²) in [6.07, 6.45) is 1.45. The number of aromatic hydroxyl groups is 1. The van der Waals surface area contributed by atoms with Crippen molar-refractivity contribution in [2.45, 2.75) is 26.8 Å². The van der Waals surface area contributed by atoms with Gasteiger partial charge in [0.25, 0.3) is 5.91 Å². The smallest absolute Gasteiger partial charge is 0.277 e. The summed E-state index contributed by atoms with van der Waals surface area (Å²) < 4.78 is 0. The second-order valence-corrected chi connectivity index (χ2v) is 5.72. The minimum Gasteiger partial charge on any atom is -0.505 e. The van der Waals surface area contributed by atoms with Crippen molar-refractivity contribution >= 4 is 11.8 Å². The van der Waals surface area contributed by atoms with E-state index in [1.807, 2.05) is 0 Å². The Morgan fingerprint density at radius 2 is 2.19 bits per heavy atom. The van der Waals surface area contributed by atoms with Gasteiger partial charge in [-0.05, 0) is 25.0 Å². The average Bonchev–Trinajstić information content (AvgIpc) is 2.43. The lowest BCUT2D eigenvalue weighted by molar-refractivity contribution is -0.140. The van der Waals surface area contributed by atoms with Crippen LogP contribution in [0.4, 0.5) is 0 Å². The van der Waals surface area contributed by atoms with Gasteiger partial charge in [0.15, 0.2) is 5.69 Å². The van der Waals surface area contributed by atoms with Gasteiger partial charge in [0, 0.05) is 25.8 Å². The van der Waals surface area contributed by atoms with Crippen LogP contribution in [0.3, 0.4) is 0 Å². The van der Waals surface area contributed by atoms with E-state index in [1.54, 1.807) is 17.9 Å². The Kier molecular flexibility index (Phi) is 4.45. The molecule has 21 heavy (non-hydrogen) atoms. The molecule has 1 aliphatic heterocycles. The number of nitrogens with zero attached hydrogens (tertiary/aromatic N) is 3. The van der Waals surface area contributed by atoms with Gasteiger partial charge in [0.1, 0.15) is 11.8 Å². The zero-order valence-corrected chi connectivity index (χ0v) is 12.6. The molecule has 1 aromatic rings. The van der Waals surface area contributed by atoms with Gasteiger partial charge in [-0.2, -0.15) is 0 Å².